The molecule has 3 nitrogen and oxygen atoms in total. The maximum atomic E-state index is 13.8. The zero-order chi connectivity index (χ0) is 26.7. The normalized spacial score (nSPS) is 17.6. The van der Waals surface area contributed by atoms with Crippen LogP contribution >= 0.6 is 11.3 Å². The molecule has 0 N–H and O–H groups in total. The van der Waals surface area contributed by atoms with Crippen LogP contribution in [0.3, 0.4) is 0 Å². The fraction of sp³-hybridized carbons (Fsp3) is 0.188. The molecule has 0 amide bonds. The molecule has 0 saturated carbocycles. The van der Waals surface area contributed by atoms with Crippen LogP contribution in [0.25, 0.3) is 6.08 Å². The van der Waals surface area contributed by atoms with Crippen LogP contribution in [0, 0.1) is 11.6 Å². The number of hydrogen-bond donors (Lipinski definition) is 0. The van der Waals surface area contributed by atoms with E-state index in [0.717, 1.165) is 33.3 Å². The van der Waals surface area contributed by atoms with Crippen LogP contribution in [0.15, 0.2) is 66.2 Å². The lowest BCUT2D eigenvalue weighted by molar-refractivity contribution is 0.0990. The Hall–Kier alpha value is -3.90. The standard InChI is InChI=1S/C32H23F2NO2S/c1-31(2)20-8-5-6-11-26(20)35-27-21(31)9-7-10-22(27)32(3,4)23-13-16(38-30(23)35)12-19-28(36)17-14-24(33)25(34)15-18(17)29(19)37/h5-15H,1-4H3. The number of hydrogen-bond acceptors (Lipinski definition) is 4. The van der Waals surface area contributed by atoms with Crippen molar-refractivity contribution in [3.8, 4) is 0 Å². The van der Waals surface area contributed by atoms with E-state index in [1.165, 1.54) is 33.7 Å². The van der Waals surface area contributed by atoms with Crippen LogP contribution in [0.5, 0.6) is 0 Å². The molecule has 3 heterocycles. The van der Waals surface area contributed by atoms with Gasteiger partial charge >= 0.3 is 0 Å². The molecule has 3 aliphatic rings. The summed E-state index contributed by atoms with van der Waals surface area (Å²) < 4.78 is 27.7. The third-order valence-electron chi connectivity index (χ3n) is 8.36. The van der Waals surface area contributed by atoms with Crippen LogP contribution in [0.1, 0.15) is 75.5 Å². The molecule has 0 unspecified atom stereocenters. The molecule has 0 radical (unpaired) electrons. The third kappa shape index (κ3) is 2.81. The van der Waals surface area contributed by atoms with Crippen molar-refractivity contribution < 1.29 is 18.4 Å². The van der Waals surface area contributed by atoms with Crippen molar-refractivity contribution in [2.45, 2.75) is 38.5 Å². The van der Waals surface area contributed by atoms with Crippen molar-refractivity contribution in [3.05, 3.63) is 116 Å². The van der Waals surface area contributed by atoms with Gasteiger partial charge in [0.05, 0.1) is 16.9 Å². The van der Waals surface area contributed by atoms with Gasteiger partial charge in [-0.25, -0.2) is 8.78 Å². The smallest absolute Gasteiger partial charge is 0.197 e. The van der Waals surface area contributed by atoms with Crippen molar-refractivity contribution in [2.75, 3.05) is 4.90 Å². The quantitative estimate of drug-likeness (QED) is 0.186. The number of rotatable bonds is 1. The van der Waals surface area contributed by atoms with E-state index in [4.69, 9.17) is 0 Å². The molecular formula is C32H23F2NO2S. The molecular weight excluding hydrogens is 500 g/mol. The Kier molecular flexibility index (Phi) is 4.50. The second-order valence-corrected chi connectivity index (χ2v) is 12.3. The van der Waals surface area contributed by atoms with Gasteiger partial charge in [-0.05, 0) is 52.6 Å². The highest BCUT2D eigenvalue weighted by atomic mass is 32.1. The van der Waals surface area contributed by atoms with E-state index >= 15 is 0 Å². The number of carbonyl (C=O) groups excluding carboxylic acids is 2. The minimum atomic E-state index is -1.14. The third-order valence-corrected chi connectivity index (χ3v) is 9.43. The molecule has 4 aromatic rings. The van der Waals surface area contributed by atoms with Crippen LogP contribution in [-0.4, -0.2) is 11.6 Å². The van der Waals surface area contributed by atoms with Crippen molar-refractivity contribution in [3.63, 3.8) is 0 Å². The van der Waals surface area contributed by atoms with E-state index in [9.17, 15) is 18.4 Å². The molecule has 0 bridgehead atoms. The number of fused-ring (bicyclic) bond motifs is 5. The van der Waals surface area contributed by atoms with Crippen molar-refractivity contribution in [1.82, 2.24) is 0 Å². The summed E-state index contributed by atoms with van der Waals surface area (Å²) in [4.78, 5) is 29.2. The second kappa shape index (κ2) is 7.35. The largest absolute Gasteiger partial charge is 0.301 e. The number of anilines is 3. The Bertz CT molecular complexity index is 1750. The number of allylic oxidation sites excluding steroid dienone is 1. The van der Waals surface area contributed by atoms with Gasteiger partial charge in [-0.15, -0.1) is 11.3 Å². The van der Waals surface area contributed by atoms with Crippen LogP contribution in [0.2, 0.25) is 0 Å². The number of carbonyl (C=O) groups is 2. The molecule has 2 aliphatic heterocycles. The van der Waals surface area contributed by atoms with Crippen molar-refractivity contribution in [1.29, 1.82) is 0 Å². The topological polar surface area (TPSA) is 37.4 Å². The van der Waals surface area contributed by atoms with E-state index in [-0.39, 0.29) is 27.5 Å². The predicted molar refractivity (Wildman–Crippen MR) is 146 cm³/mol. The fourth-order valence-electron chi connectivity index (χ4n) is 6.29. The van der Waals surface area contributed by atoms with Gasteiger partial charge in [0.1, 0.15) is 5.00 Å². The van der Waals surface area contributed by atoms with Crippen LogP contribution in [-0.2, 0) is 10.8 Å². The summed E-state index contributed by atoms with van der Waals surface area (Å²) in [6, 6.07) is 18.6. The average molecular weight is 524 g/mol. The van der Waals surface area contributed by atoms with Crippen LogP contribution in [0.4, 0.5) is 25.2 Å². The van der Waals surface area contributed by atoms with Gasteiger partial charge in [-0.1, -0.05) is 64.1 Å². The van der Waals surface area contributed by atoms with Gasteiger partial charge in [0.2, 0.25) is 0 Å². The molecule has 1 aliphatic carbocycles. The first-order chi connectivity index (χ1) is 18.0. The second-order valence-electron chi connectivity index (χ2n) is 11.2. The van der Waals surface area contributed by atoms with Crippen molar-refractivity contribution in [2.24, 2.45) is 0 Å². The number of thiophene rings is 1. The maximum Gasteiger partial charge on any atom is 0.197 e. The molecule has 0 atom stereocenters. The molecule has 3 aromatic carbocycles. The Morgan fingerprint density at radius 3 is 1.92 bits per heavy atom. The summed E-state index contributed by atoms with van der Waals surface area (Å²) in [5.41, 5.74) is 6.32. The summed E-state index contributed by atoms with van der Waals surface area (Å²) in [5.74, 6) is -3.44. The summed E-state index contributed by atoms with van der Waals surface area (Å²) in [7, 11) is 0. The first-order valence-corrected chi connectivity index (χ1v) is 13.3. The number of ketones is 2. The van der Waals surface area contributed by atoms with E-state index in [0.29, 0.717) is 0 Å². The highest BCUT2D eigenvalue weighted by Gasteiger charge is 2.46. The van der Waals surface area contributed by atoms with Gasteiger partial charge in [0.25, 0.3) is 0 Å². The Balaban J connectivity index is 1.44. The van der Waals surface area contributed by atoms with E-state index in [1.54, 1.807) is 6.08 Å². The number of para-hydroxylation sites is 2. The molecule has 38 heavy (non-hydrogen) atoms. The zero-order valence-corrected chi connectivity index (χ0v) is 22.1. The molecule has 7 rings (SSSR count). The van der Waals surface area contributed by atoms with Gasteiger partial charge < -0.3 is 4.90 Å². The first-order valence-electron chi connectivity index (χ1n) is 12.5. The summed E-state index contributed by atoms with van der Waals surface area (Å²) in [5, 5.41) is 1.04. The van der Waals surface area contributed by atoms with Gasteiger partial charge in [0, 0.05) is 26.8 Å². The summed E-state index contributed by atoms with van der Waals surface area (Å²) in [6.45, 7) is 8.91. The van der Waals surface area contributed by atoms with Crippen molar-refractivity contribution >= 4 is 45.4 Å². The maximum absolute atomic E-state index is 13.8. The molecule has 188 valence electrons. The summed E-state index contributed by atoms with van der Waals surface area (Å²) in [6.07, 6.45) is 1.57. The fourth-order valence-corrected chi connectivity index (χ4v) is 7.57. The number of halogens is 2. The van der Waals surface area contributed by atoms with Gasteiger partial charge in [-0.2, -0.15) is 0 Å². The molecule has 0 spiro atoms. The van der Waals surface area contributed by atoms with E-state index in [1.807, 2.05) is 12.1 Å². The lowest BCUT2D eigenvalue weighted by Crippen LogP contribution is -2.37. The highest BCUT2D eigenvalue weighted by molar-refractivity contribution is 7.17. The minimum absolute atomic E-state index is 0.0696. The minimum Gasteiger partial charge on any atom is -0.301 e. The zero-order valence-electron chi connectivity index (χ0n) is 21.3. The number of nitrogens with zero attached hydrogens (tertiary/aromatic N) is 1. The lowest BCUT2D eigenvalue weighted by atomic mass is 9.67. The summed E-state index contributed by atoms with van der Waals surface area (Å²) >= 11 is 1.51. The van der Waals surface area contributed by atoms with E-state index < -0.39 is 23.2 Å². The SMILES string of the molecule is CC1(C)c2ccccc2N2c3sc(C=C4C(=O)c5cc(F)c(F)cc5C4=O)cc3C(C)(C)c3cccc1c32. The lowest BCUT2D eigenvalue weighted by Gasteiger charge is -2.48. The first kappa shape index (κ1) is 23.2. The number of Topliss-reactive ketones (excluding diaryl/α,β-unsaturated/α-hetero) is 2. The van der Waals surface area contributed by atoms with Crippen LogP contribution < -0.4 is 4.90 Å². The Labute approximate surface area is 223 Å². The number of benzene rings is 3. The Morgan fingerprint density at radius 1 is 0.737 bits per heavy atom. The monoisotopic (exact) mass is 523 g/mol. The van der Waals surface area contributed by atoms with Gasteiger partial charge in [0.15, 0.2) is 23.2 Å². The molecule has 1 aromatic heterocycles. The molecule has 0 saturated heterocycles. The molecule has 6 heteroatoms. The predicted octanol–water partition coefficient (Wildman–Crippen LogP) is 8.24. The highest BCUT2D eigenvalue weighted by Crippen LogP contribution is 2.61. The Morgan fingerprint density at radius 2 is 1.29 bits per heavy atom. The van der Waals surface area contributed by atoms with E-state index in [2.05, 4.69) is 69.0 Å². The molecule has 0 fully saturated rings. The van der Waals surface area contributed by atoms with Gasteiger partial charge in [-0.3, -0.25) is 9.59 Å². The average Bonchev–Trinajstić information content (AvgIpc) is 3.40.